The van der Waals surface area contributed by atoms with Crippen LogP contribution in [0, 0.1) is 11.6 Å². The monoisotopic (exact) mass is 550 g/mol. The van der Waals surface area contributed by atoms with E-state index in [1.54, 1.807) is 30.5 Å². The predicted molar refractivity (Wildman–Crippen MR) is 142 cm³/mol. The van der Waals surface area contributed by atoms with E-state index >= 15 is 0 Å². The molecule has 1 aliphatic carbocycles. The molecule has 0 radical (unpaired) electrons. The number of hydrogen-bond acceptors (Lipinski definition) is 6. The second-order valence-corrected chi connectivity index (χ2v) is 10.8. The van der Waals surface area contributed by atoms with E-state index in [4.69, 9.17) is 16.6 Å². The van der Waals surface area contributed by atoms with Crippen molar-refractivity contribution in [3.63, 3.8) is 0 Å². The van der Waals surface area contributed by atoms with Crippen molar-refractivity contribution in [2.24, 2.45) is 0 Å². The number of nitrogens with one attached hydrogen (secondary N) is 1. The number of imidazole rings is 1. The van der Waals surface area contributed by atoms with E-state index in [9.17, 15) is 13.6 Å². The average molecular weight is 551 g/mol. The van der Waals surface area contributed by atoms with Gasteiger partial charge in [0.25, 0.3) is 5.91 Å². The minimum atomic E-state index is -0.484. The Morgan fingerprint density at radius 3 is 2.68 bits per heavy atom. The van der Waals surface area contributed by atoms with Crippen LogP contribution in [0.25, 0.3) is 33.8 Å². The maximum Gasteiger partial charge on any atom is 0.280 e. The molecule has 1 saturated carbocycles. The number of halogens is 3. The Bertz CT molecular complexity index is 1650. The summed E-state index contributed by atoms with van der Waals surface area (Å²) in [7, 11) is 0. The van der Waals surface area contributed by atoms with Crippen LogP contribution in [-0.2, 0) is 0 Å². The third kappa shape index (κ3) is 4.65. The number of nitrogens with zero attached hydrogens (tertiary/aromatic N) is 5. The van der Waals surface area contributed by atoms with Crippen LogP contribution in [0.1, 0.15) is 41.5 Å². The lowest BCUT2D eigenvalue weighted by Crippen LogP contribution is -2.39. The summed E-state index contributed by atoms with van der Waals surface area (Å²) in [6, 6.07) is 10.9. The highest BCUT2D eigenvalue weighted by Gasteiger charge is 2.29. The van der Waals surface area contributed by atoms with Crippen LogP contribution in [-0.4, -0.2) is 36.5 Å². The van der Waals surface area contributed by atoms with Gasteiger partial charge in [-0.15, -0.1) is 0 Å². The molecule has 5 aromatic rings. The zero-order valence-corrected chi connectivity index (χ0v) is 21.5. The molecule has 0 bridgehead atoms. The smallest absolute Gasteiger partial charge is 0.280 e. The van der Waals surface area contributed by atoms with Gasteiger partial charge < -0.3 is 9.88 Å². The van der Waals surface area contributed by atoms with Gasteiger partial charge in [0.15, 0.2) is 10.8 Å². The molecule has 1 fully saturated rings. The molecule has 0 spiro atoms. The van der Waals surface area contributed by atoms with Gasteiger partial charge in [0.2, 0.25) is 0 Å². The van der Waals surface area contributed by atoms with Gasteiger partial charge in [0.1, 0.15) is 27.2 Å². The van der Waals surface area contributed by atoms with Crippen molar-refractivity contribution in [2.75, 3.05) is 0 Å². The Labute approximate surface area is 225 Å². The van der Waals surface area contributed by atoms with Gasteiger partial charge in [-0.25, -0.2) is 18.7 Å². The lowest BCUT2D eigenvalue weighted by atomic mass is 9.90. The summed E-state index contributed by atoms with van der Waals surface area (Å²) >= 11 is 7.08. The minimum absolute atomic E-state index is 0.0997. The molecule has 1 amide bonds. The van der Waals surface area contributed by atoms with Crippen molar-refractivity contribution in [1.82, 2.24) is 29.8 Å². The Balaban J connectivity index is 1.42. The zero-order chi connectivity index (χ0) is 26.2. The molecular formula is C27H21ClF2N6OS. The molecule has 1 aliphatic rings. The number of benzene rings is 1. The average Bonchev–Trinajstić information content (AvgIpc) is 3.53. The van der Waals surface area contributed by atoms with Gasteiger partial charge in [-0.2, -0.15) is 0 Å². The van der Waals surface area contributed by atoms with E-state index in [0.717, 1.165) is 30.6 Å². The quantitative estimate of drug-likeness (QED) is 0.271. The van der Waals surface area contributed by atoms with Gasteiger partial charge in [-0.3, -0.25) is 14.8 Å². The number of amides is 1. The first kappa shape index (κ1) is 24.6. The molecule has 1 aromatic carbocycles. The van der Waals surface area contributed by atoms with Crippen LogP contribution < -0.4 is 5.32 Å². The zero-order valence-electron chi connectivity index (χ0n) is 19.9. The van der Waals surface area contributed by atoms with Crippen LogP contribution in [0.15, 0.2) is 61.1 Å². The molecule has 11 heteroatoms. The summed E-state index contributed by atoms with van der Waals surface area (Å²) in [4.78, 5) is 30.1. The SMILES string of the molecule is O=C(NC1CCCC(n2c(-c3ccccc3F)nc3cnc(-c4ncccc4F)cc32)C1)c1ncc(Cl)s1. The van der Waals surface area contributed by atoms with Crippen molar-refractivity contribution < 1.29 is 13.6 Å². The summed E-state index contributed by atoms with van der Waals surface area (Å²) in [5.41, 5.74) is 2.11. The van der Waals surface area contributed by atoms with E-state index in [0.29, 0.717) is 43.9 Å². The van der Waals surface area contributed by atoms with Gasteiger partial charge >= 0.3 is 0 Å². The first-order valence-electron chi connectivity index (χ1n) is 12.1. The van der Waals surface area contributed by atoms with E-state index < -0.39 is 11.6 Å². The van der Waals surface area contributed by atoms with E-state index in [1.807, 2.05) is 4.57 Å². The highest BCUT2D eigenvalue weighted by atomic mass is 35.5. The van der Waals surface area contributed by atoms with Crippen LogP contribution in [0.4, 0.5) is 8.78 Å². The Morgan fingerprint density at radius 2 is 1.89 bits per heavy atom. The molecule has 4 heterocycles. The topological polar surface area (TPSA) is 85.6 Å². The van der Waals surface area contributed by atoms with Gasteiger partial charge in [-0.05, 0) is 56.0 Å². The standard InChI is InChI=1S/C27H21ClF2N6OS/c28-23-14-33-27(38-23)26(37)34-15-5-3-6-16(11-15)36-22-12-20(24-19(30)9-4-10-31-24)32-13-21(22)35-25(36)17-7-1-2-8-18(17)29/h1-2,4,7-10,12-16H,3,5-6,11H2,(H,34,37). The van der Waals surface area contributed by atoms with Gasteiger partial charge in [0.05, 0.1) is 29.2 Å². The molecule has 38 heavy (non-hydrogen) atoms. The van der Waals surface area contributed by atoms with E-state index in [1.165, 1.54) is 30.6 Å². The molecule has 0 aliphatic heterocycles. The van der Waals surface area contributed by atoms with Crippen LogP contribution >= 0.6 is 22.9 Å². The summed E-state index contributed by atoms with van der Waals surface area (Å²) in [5, 5.41) is 3.38. The first-order valence-corrected chi connectivity index (χ1v) is 13.3. The summed E-state index contributed by atoms with van der Waals surface area (Å²) in [6.07, 6.45) is 7.58. The second-order valence-electron chi connectivity index (χ2n) is 9.14. The van der Waals surface area contributed by atoms with Gasteiger partial charge in [0, 0.05) is 18.3 Å². The number of fused-ring (bicyclic) bond motifs is 1. The fourth-order valence-electron chi connectivity index (χ4n) is 5.04. The number of carbonyl (C=O) groups excluding carboxylic acids is 1. The second kappa shape index (κ2) is 10.2. The lowest BCUT2D eigenvalue weighted by Gasteiger charge is -2.32. The van der Waals surface area contributed by atoms with Crippen LogP contribution in [0.2, 0.25) is 4.34 Å². The highest BCUT2D eigenvalue weighted by molar-refractivity contribution is 7.17. The number of hydrogen-bond donors (Lipinski definition) is 1. The molecule has 6 rings (SSSR count). The Kier molecular flexibility index (Phi) is 6.59. The number of aromatic nitrogens is 5. The third-order valence-corrected chi connectivity index (χ3v) is 7.82. The summed E-state index contributed by atoms with van der Waals surface area (Å²) < 4.78 is 32.0. The molecule has 4 aromatic heterocycles. The van der Waals surface area contributed by atoms with Crippen molar-refractivity contribution in [3.8, 4) is 22.8 Å². The summed E-state index contributed by atoms with van der Waals surface area (Å²) in [6.45, 7) is 0. The largest absolute Gasteiger partial charge is 0.347 e. The molecule has 2 atom stereocenters. The van der Waals surface area contributed by atoms with Crippen molar-refractivity contribution >= 4 is 39.9 Å². The molecule has 1 N–H and O–H groups in total. The number of pyridine rings is 2. The maximum atomic E-state index is 15.0. The van der Waals surface area contributed by atoms with Crippen LogP contribution in [0.5, 0.6) is 0 Å². The lowest BCUT2D eigenvalue weighted by molar-refractivity contribution is 0.0920. The predicted octanol–water partition coefficient (Wildman–Crippen LogP) is 6.46. The maximum absolute atomic E-state index is 15.0. The normalized spacial score (nSPS) is 17.6. The molecule has 192 valence electrons. The van der Waals surface area contributed by atoms with Gasteiger partial charge in [-0.1, -0.05) is 35.1 Å². The third-order valence-electron chi connectivity index (χ3n) is 6.71. The van der Waals surface area contributed by atoms with Crippen molar-refractivity contribution in [2.45, 2.75) is 37.8 Å². The van der Waals surface area contributed by atoms with Crippen LogP contribution in [0.3, 0.4) is 0 Å². The number of carbonyl (C=O) groups is 1. The highest BCUT2D eigenvalue weighted by Crippen LogP contribution is 2.37. The molecule has 2 unspecified atom stereocenters. The molecule has 7 nitrogen and oxygen atoms in total. The molecule has 0 saturated heterocycles. The number of rotatable bonds is 5. The van der Waals surface area contributed by atoms with Crippen molar-refractivity contribution in [1.29, 1.82) is 0 Å². The fraction of sp³-hybridized carbons (Fsp3) is 0.222. The molecular weight excluding hydrogens is 530 g/mol. The first-order chi connectivity index (χ1) is 18.5. The number of thiazole rings is 1. The minimum Gasteiger partial charge on any atom is -0.347 e. The summed E-state index contributed by atoms with van der Waals surface area (Å²) in [5.74, 6) is -0.687. The Hall–Kier alpha value is -3.76. The van der Waals surface area contributed by atoms with E-state index in [2.05, 4.69) is 20.3 Å². The van der Waals surface area contributed by atoms with Crippen molar-refractivity contribution in [3.05, 3.63) is 82.0 Å². The fourth-order valence-corrected chi connectivity index (χ4v) is 5.86. The Morgan fingerprint density at radius 1 is 1.05 bits per heavy atom. The van der Waals surface area contributed by atoms with E-state index in [-0.39, 0.29) is 23.7 Å².